The molecule has 0 atom stereocenters. The molecule has 1 aliphatic rings. The predicted molar refractivity (Wildman–Crippen MR) is 85.3 cm³/mol. The number of aryl methyl sites for hydroxylation is 1. The normalized spacial score (nSPS) is 15.9. The first-order valence-electron chi connectivity index (χ1n) is 7.39. The summed E-state index contributed by atoms with van der Waals surface area (Å²) in [6.45, 7) is 3.59. The van der Waals surface area contributed by atoms with Gasteiger partial charge >= 0.3 is 5.97 Å². The Morgan fingerprint density at radius 1 is 1.26 bits per heavy atom. The van der Waals surface area contributed by atoms with E-state index in [9.17, 15) is 9.90 Å². The van der Waals surface area contributed by atoms with Gasteiger partial charge in [0, 0.05) is 32.2 Å². The Balaban J connectivity index is 1.76. The molecule has 8 heteroatoms. The summed E-state index contributed by atoms with van der Waals surface area (Å²) >= 11 is 0.905. The quantitative estimate of drug-likeness (QED) is 0.658. The molecule has 0 aliphatic carbocycles. The van der Waals surface area contributed by atoms with Crippen molar-refractivity contribution >= 4 is 29.7 Å². The molecule has 3 rings (SSSR count). The SMILES string of the molecule is Cc1nnc(S/C(=C/c2ccc(N3CCCCC3)o2)C(=O)O)o1. The van der Waals surface area contributed by atoms with E-state index in [4.69, 9.17) is 8.83 Å². The third-order valence-electron chi connectivity index (χ3n) is 3.47. The Hall–Kier alpha value is -2.22. The molecule has 2 aromatic heterocycles. The molecule has 0 bridgehead atoms. The molecule has 1 N–H and O–H groups in total. The Labute approximate surface area is 137 Å². The number of anilines is 1. The summed E-state index contributed by atoms with van der Waals surface area (Å²) in [6.07, 6.45) is 5.02. The fourth-order valence-electron chi connectivity index (χ4n) is 2.38. The lowest BCUT2D eigenvalue weighted by molar-refractivity contribution is -0.131. The molecule has 0 aromatic carbocycles. The van der Waals surface area contributed by atoms with Gasteiger partial charge in [-0.05, 0) is 37.1 Å². The lowest BCUT2D eigenvalue weighted by Crippen LogP contribution is -2.28. The van der Waals surface area contributed by atoms with Gasteiger partial charge in [0.05, 0.1) is 0 Å². The second kappa shape index (κ2) is 6.91. The molecule has 0 saturated carbocycles. The van der Waals surface area contributed by atoms with Crippen LogP contribution in [0.15, 0.2) is 31.1 Å². The van der Waals surface area contributed by atoms with Crippen LogP contribution >= 0.6 is 11.8 Å². The number of furan rings is 1. The number of rotatable bonds is 5. The van der Waals surface area contributed by atoms with E-state index in [1.54, 1.807) is 13.0 Å². The second-order valence-corrected chi connectivity index (χ2v) is 6.22. The first kappa shape index (κ1) is 15.7. The third-order valence-corrected chi connectivity index (χ3v) is 4.32. The van der Waals surface area contributed by atoms with E-state index >= 15 is 0 Å². The number of carboxylic acids is 1. The van der Waals surface area contributed by atoms with Crippen molar-refractivity contribution in [3.05, 3.63) is 28.7 Å². The van der Waals surface area contributed by atoms with Crippen LogP contribution in [0, 0.1) is 6.92 Å². The van der Waals surface area contributed by atoms with E-state index in [0.717, 1.165) is 43.6 Å². The summed E-state index contributed by atoms with van der Waals surface area (Å²) < 4.78 is 11.0. The number of aliphatic carboxylic acids is 1. The molecule has 1 aliphatic heterocycles. The number of piperidine rings is 1. The van der Waals surface area contributed by atoms with Crippen LogP contribution in [0.4, 0.5) is 5.88 Å². The zero-order valence-electron chi connectivity index (χ0n) is 12.7. The van der Waals surface area contributed by atoms with Gasteiger partial charge in [0.1, 0.15) is 10.7 Å². The number of aromatic nitrogens is 2. The van der Waals surface area contributed by atoms with Crippen molar-refractivity contribution in [3.8, 4) is 0 Å². The molecule has 0 spiro atoms. The Morgan fingerprint density at radius 2 is 2.04 bits per heavy atom. The van der Waals surface area contributed by atoms with E-state index < -0.39 is 5.97 Å². The maximum absolute atomic E-state index is 11.4. The first-order valence-corrected chi connectivity index (χ1v) is 8.21. The van der Waals surface area contributed by atoms with Crippen LogP contribution in [0.5, 0.6) is 0 Å². The van der Waals surface area contributed by atoms with Gasteiger partial charge in [0.25, 0.3) is 5.22 Å². The highest BCUT2D eigenvalue weighted by molar-refractivity contribution is 8.03. The molecule has 0 radical (unpaired) electrons. The molecular formula is C15H17N3O4S. The fraction of sp³-hybridized carbons (Fsp3) is 0.400. The number of nitrogens with zero attached hydrogens (tertiary/aromatic N) is 3. The largest absolute Gasteiger partial charge is 0.477 e. The topological polar surface area (TPSA) is 92.6 Å². The average Bonchev–Trinajstić information content (AvgIpc) is 3.17. The number of hydrogen-bond donors (Lipinski definition) is 1. The lowest BCUT2D eigenvalue weighted by Gasteiger charge is -2.25. The smallest absolute Gasteiger partial charge is 0.342 e. The lowest BCUT2D eigenvalue weighted by atomic mass is 10.1. The highest BCUT2D eigenvalue weighted by atomic mass is 32.2. The molecule has 1 fully saturated rings. The fourth-order valence-corrected chi connectivity index (χ4v) is 3.08. The zero-order valence-corrected chi connectivity index (χ0v) is 13.5. The van der Waals surface area contributed by atoms with E-state index in [1.165, 1.54) is 12.5 Å². The average molecular weight is 335 g/mol. The number of carboxylic acid groups (broad SMARTS) is 1. The maximum Gasteiger partial charge on any atom is 0.342 e. The van der Waals surface area contributed by atoms with Crippen LogP contribution in [0.1, 0.15) is 30.9 Å². The minimum Gasteiger partial charge on any atom is -0.477 e. The van der Waals surface area contributed by atoms with E-state index in [2.05, 4.69) is 15.1 Å². The molecule has 2 aromatic rings. The maximum atomic E-state index is 11.4. The molecule has 7 nitrogen and oxygen atoms in total. The highest BCUT2D eigenvalue weighted by Crippen LogP contribution is 2.29. The van der Waals surface area contributed by atoms with Gasteiger partial charge in [-0.15, -0.1) is 10.2 Å². The summed E-state index contributed by atoms with van der Waals surface area (Å²) in [6, 6.07) is 3.64. The minimum absolute atomic E-state index is 0.0631. The van der Waals surface area contributed by atoms with Crippen molar-refractivity contribution in [1.82, 2.24) is 10.2 Å². The number of carbonyl (C=O) groups is 1. The van der Waals surface area contributed by atoms with Gasteiger partial charge in [-0.25, -0.2) is 4.79 Å². The minimum atomic E-state index is -1.07. The summed E-state index contributed by atoms with van der Waals surface area (Å²) in [5.74, 6) is 0.593. The van der Waals surface area contributed by atoms with Crippen LogP contribution in [-0.4, -0.2) is 34.4 Å². The van der Waals surface area contributed by atoms with Crippen LogP contribution in [0.3, 0.4) is 0 Å². The van der Waals surface area contributed by atoms with Crippen molar-refractivity contribution in [3.63, 3.8) is 0 Å². The van der Waals surface area contributed by atoms with Gasteiger partial charge in [-0.1, -0.05) is 0 Å². The van der Waals surface area contributed by atoms with Gasteiger partial charge < -0.3 is 18.8 Å². The molecule has 23 heavy (non-hydrogen) atoms. The van der Waals surface area contributed by atoms with Gasteiger partial charge in [0.2, 0.25) is 5.89 Å². The first-order chi connectivity index (χ1) is 11.1. The van der Waals surface area contributed by atoms with Crippen LogP contribution in [0.25, 0.3) is 6.08 Å². The van der Waals surface area contributed by atoms with Gasteiger partial charge in [-0.3, -0.25) is 0 Å². The third kappa shape index (κ3) is 3.95. The number of hydrogen-bond acceptors (Lipinski definition) is 7. The summed E-state index contributed by atoms with van der Waals surface area (Å²) in [4.78, 5) is 13.6. The van der Waals surface area contributed by atoms with Crippen molar-refractivity contribution in [2.24, 2.45) is 0 Å². The van der Waals surface area contributed by atoms with E-state index in [-0.39, 0.29) is 10.1 Å². The zero-order chi connectivity index (χ0) is 16.2. The molecule has 0 amide bonds. The predicted octanol–water partition coefficient (Wildman–Crippen LogP) is 3.18. The van der Waals surface area contributed by atoms with E-state index in [0.29, 0.717) is 11.7 Å². The summed E-state index contributed by atoms with van der Waals surface area (Å²) in [7, 11) is 0. The van der Waals surface area contributed by atoms with Crippen molar-refractivity contribution in [2.75, 3.05) is 18.0 Å². The highest BCUT2D eigenvalue weighted by Gasteiger charge is 2.17. The molecular weight excluding hydrogens is 318 g/mol. The van der Waals surface area contributed by atoms with Crippen molar-refractivity contribution < 1.29 is 18.7 Å². The van der Waals surface area contributed by atoms with Gasteiger partial charge in [-0.2, -0.15) is 0 Å². The summed E-state index contributed by atoms with van der Waals surface area (Å²) in [5.41, 5.74) is 0. The molecule has 0 unspecified atom stereocenters. The Bertz CT molecular complexity index is 716. The number of thioether (sulfide) groups is 1. The van der Waals surface area contributed by atoms with Crippen molar-refractivity contribution in [1.29, 1.82) is 0 Å². The monoisotopic (exact) mass is 335 g/mol. The molecule has 3 heterocycles. The Kier molecular flexibility index (Phi) is 4.71. The van der Waals surface area contributed by atoms with E-state index in [1.807, 2.05) is 6.07 Å². The van der Waals surface area contributed by atoms with Crippen molar-refractivity contribution in [2.45, 2.75) is 31.4 Å². The van der Waals surface area contributed by atoms with Crippen LogP contribution in [-0.2, 0) is 4.79 Å². The summed E-state index contributed by atoms with van der Waals surface area (Å²) in [5, 5.41) is 17.0. The Morgan fingerprint density at radius 3 is 2.70 bits per heavy atom. The van der Waals surface area contributed by atoms with Crippen LogP contribution in [0.2, 0.25) is 0 Å². The molecule has 1 saturated heterocycles. The molecule has 122 valence electrons. The van der Waals surface area contributed by atoms with Crippen LogP contribution < -0.4 is 4.90 Å². The second-order valence-electron chi connectivity index (χ2n) is 5.23. The standard InChI is InChI=1S/C15H17N3O4S/c1-10-16-17-15(21-10)23-12(14(19)20)9-11-5-6-13(22-11)18-7-3-2-4-8-18/h5-6,9H,2-4,7-8H2,1H3,(H,19,20)/b12-9+. The van der Waals surface area contributed by atoms with Gasteiger partial charge in [0.15, 0.2) is 5.88 Å².